The third kappa shape index (κ3) is 3.69. The zero-order valence-electron chi connectivity index (χ0n) is 12.3. The number of hydrogen-bond donors (Lipinski definition) is 2. The van der Waals surface area contributed by atoms with E-state index in [1.807, 2.05) is 37.3 Å². The molecule has 22 heavy (non-hydrogen) atoms. The fourth-order valence-corrected chi connectivity index (χ4v) is 1.75. The van der Waals surface area contributed by atoms with Crippen LogP contribution in [-0.4, -0.2) is 33.7 Å². The fraction of sp³-hybridized carbons (Fsp3) is 0.333. The summed E-state index contributed by atoms with van der Waals surface area (Å²) in [4.78, 5) is 26.6. The summed E-state index contributed by atoms with van der Waals surface area (Å²) in [7, 11) is 0. The van der Waals surface area contributed by atoms with Gasteiger partial charge in [-0.3, -0.25) is 9.59 Å². The van der Waals surface area contributed by atoms with E-state index in [4.69, 9.17) is 9.63 Å². The smallest absolute Gasteiger partial charge is 0.315 e. The second-order valence-electron chi connectivity index (χ2n) is 5.03. The van der Waals surface area contributed by atoms with Crippen LogP contribution in [0.1, 0.15) is 25.7 Å². The quantitative estimate of drug-likeness (QED) is 0.786. The Morgan fingerprint density at radius 1 is 1.27 bits per heavy atom. The van der Waals surface area contributed by atoms with E-state index in [0.29, 0.717) is 11.7 Å². The molecule has 1 aromatic heterocycles. The molecule has 2 N–H and O–H groups in total. The number of carbonyl (C=O) groups is 2. The van der Waals surface area contributed by atoms with Crippen molar-refractivity contribution in [2.24, 2.45) is 5.92 Å². The van der Waals surface area contributed by atoms with Crippen LogP contribution in [0.25, 0.3) is 11.4 Å². The SMILES string of the molecule is CC(C(=O)O)C(=O)NCC(C)c1nc(-c2ccccc2)no1. The summed E-state index contributed by atoms with van der Waals surface area (Å²) in [6, 6.07) is 9.39. The van der Waals surface area contributed by atoms with Crippen molar-refractivity contribution < 1.29 is 19.2 Å². The summed E-state index contributed by atoms with van der Waals surface area (Å²) in [5.41, 5.74) is 0.841. The van der Waals surface area contributed by atoms with Crippen LogP contribution in [0.2, 0.25) is 0 Å². The van der Waals surface area contributed by atoms with Gasteiger partial charge in [-0.2, -0.15) is 4.98 Å². The van der Waals surface area contributed by atoms with Crippen LogP contribution in [0.15, 0.2) is 34.9 Å². The third-order valence-corrected chi connectivity index (χ3v) is 3.24. The molecule has 0 spiro atoms. The average Bonchev–Trinajstić information content (AvgIpc) is 3.02. The molecule has 1 amide bonds. The van der Waals surface area contributed by atoms with Gasteiger partial charge < -0.3 is 14.9 Å². The number of benzene rings is 1. The molecule has 0 saturated heterocycles. The topological polar surface area (TPSA) is 105 Å². The first kappa shape index (κ1) is 15.7. The predicted molar refractivity (Wildman–Crippen MR) is 78.0 cm³/mol. The highest BCUT2D eigenvalue weighted by molar-refractivity contribution is 5.96. The maximum Gasteiger partial charge on any atom is 0.315 e. The lowest BCUT2D eigenvalue weighted by atomic mass is 10.1. The van der Waals surface area contributed by atoms with Gasteiger partial charge in [-0.1, -0.05) is 42.4 Å². The summed E-state index contributed by atoms with van der Waals surface area (Å²) >= 11 is 0. The van der Waals surface area contributed by atoms with Gasteiger partial charge in [0.05, 0.1) is 5.92 Å². The molecular weight excluding hydrogens is 286 g/mol. The number of rotatable bonds is 6. The molecule has 7 nitrogen and oxygen atoms in total. The van der Waals surface area contributed by atoms with Crippen LogP contribution in [0, 0.1) is 5.92 Å². The molecule has 0 bridgehead atoms. The molecule has 2 aromatic rings. The molecule has 116 valence electrons. The Kier molecular flexibility index (Phi) is 4.88. The van der Waals surface area contributed by atoms with Crippen molar-refractivity contribution in [1.29, 1.82) is 0 Å². The number of amides is 1. The second kappa shape index (κ2) is 6.84. The lowest BCUT2D eigenvalue weighted by Gasteiger charge is -2.10. The second-order valence-corrected chi connectivity index (χ2v) is 5.03. The monoisotopic (exact) mass is 303 g/mol. The van der Waals surface area contributed by atoms with Gasteiger partial charge in [-0.05, 0) is 6.92 Å². The lowest BCUT2D eigenvalue weighted by Crippen LogP contribution is -2.35. The van der Waals surface area contributed by atoms with Crippen molar-refractivity contribution >= 4 is 11.9 Å². The Labute approximate surface area is 127 Å². The Bertz CT molecular complexity index is 654. The van der Waals surface area contributed by atoms with Gasteiger partial charge in [-0.15, -0.1) is 0 Å². The number of carboxylic acid groups (broad SMARTS) is 1. The van der Waals surface area contributed by atoms with E-state index in [2.05, 4.69) is 15.5 Å². The van der Waals surface area contributed by atoms with Crippen molar-refractivity contribution in [3.05, 3.63) is 36.2 Å². The molecule has 1 aromatic carbocycles. The summed E-state index contributed by atoms with van der Waals surface area (Å²) in [6.45, 7) is 3.38. The molecule has 7 heteroatoms. The maximum atomic E-state index is 11.6. The number of carboxylic acids is 1. The average molecular weight is 303 g/mol. The first-order chi connectivity index (χ1) is 10.5. The standard InChI is InChI=1S/C15H17N3O4/c1-9(8-16-13(19)10(2)15(20)21)14-17-12(18-22-14)11-6-4-3-5-7-11/h3-7,9-10H,8H2,1-2H3,(H,16,19)(H,20,21). The summed E-state index contributed by atoms with van der Waals surface area (Å²) < 4.78 is 5.19. The lowest BCUT2D eigenvalue weighted by molar-refractivity contribution is -0.146. The molecule has 0 aliphatic heterocycles. The predicted octanol–water partition coefficient (Wildman–Crippen LogP) is 1.68. The van der Waals surface area contributed by atoms with Crippen LogP contribution >= 0.6 is 0 Å². The first-order valence-electron chi connectivity index (χ1n) is 6.88. The Hall–Kier alpha value is -2.70. The van der Waals surface area contributed by atoms with Gasteiger partial charge >= 0.3 is 5.97 Å². The van der Waals surface area contributed by atoms with Crippen LogP contribution in [0.5, 0.6) is 0 Å². The molecule has 2 atom stereocenters. The number of nitrogens with zero attached hydrogens (tertiary/aromatic N) is 2. The first-order valence-corrected chi connectivity index (χ1v) is 6.88. The third-order valence-electron chi connectivity index (χ3n) is 3.24. The van der Waals surface area contributed by atoms with Crippen molar-refractivity contribution in [3.8, 4) is 11.4 Å². The Balaban J connectivity index is 1.96. The van der Waals surface area contributed by atoms with E-state index in [-0.39, 0.29) is 12.5 Å². The highest BCUT2D eigenvalue weighted by Crippen LogP contribution is 2.19. The van der Waals surface area contributed by atoms with Crippen LogP contribution in [0.3, 0.4) is 0 Å². The van der Waals surface area contributed by atoms with E-state index >= 15 is 0 Å². The minimum atomic E-state index is -1.16. The number of hydrogen-bond acceptors (Lipinski definition) is 5. The normalized spacial score (nSPS) is 13.4. The zero-order chi connectivity index (χ0) is 16.1. The van der Waals surface area contributed by atoms with Crippen LogP contribution in [0.4, 0.5) is 0 Å². The van der Waals surface area contributed by atoms with Gasteiger partial charge in [0.1, 0.15) is 5.92 Å². The summed E-state index contributed by atoms with van der Waals surface area (Å²) in [5, 5.41) is 15.2. The number of aliphatic carboxylic acids is 1. The molecule has 0 aliphatic rings. The van der Waals surface area contributed by atoms with Crippen LogP contribution in [-0.2, 0) is 9.59 Å². The maximum absolute atomic E-state index is 11.6. The van der Waals surface area contributed by atoms with E-state index in [1.165, 1.54) is 6.92 Å². The molecule has 2 rings (SSSR count). The van der Waals surface area contributed by atoms with E-state index in [1.54, 1.807) is 0 Å². The molecule has 0 aliphatic carbocycles. The number of carbonyl (C=O) groups excluding carboxylic acids is 1. The van der Waals surface area contributed by atoms with Crippen molar-refractivity contribution in [2.75, 3.05) is 6.54 Å². The summed E-state index contributed by atoms with van der Waals surface area (Å²) in [6.07, 6.45) is 0. The van der Waals surface area contributed by atoms with Gasteiger partial charge in [0.25, 0.3) is 0 Å². The van der Waals surface area contributed by atoms with Gasteiger partial charge in [0, 0.05) is 12.1 Å². The van der Waals surface area contributed by atoms with Gasteiger partial charge in [0.15, 0.2) is 0 Å². The number of nitrogens with one attached hydrogen (secondary N) is 1. The van der Waals surface area contributed by atoms with Crippen molar-refractivity contribution in [2.45, 2.75) is 19.8 Å². The molecule has 1 heterocycles. The van der Waals surface area contributed by atoms with E-state index in [9.17, 15) is 9.59 Å². The molecule has 0 fully saturated rings. The zero-order valence-corrected chi connectivity index (χ0v) is 12.3. The minimum Gasteiger partial charge on any atom is -0.481 e. The largest absolute Gasteiger partial charge is 0.481 e. The molecule has 2 unspecified atom stereocenters. The van der Waals surface area contributed by atoms with E-state index in [0.717, 1.165) is 5.56 Å². The Morgan fingerprint density at radius 2 is 1.95 bits per heavy atom. The van der Waals surface area contributed by atoms with Crippen molar-refractivity contribution in [1.82, 2.24) is 15.5 Å². The molecule has 0 saturated carbocycles. The molecular formula is C15H17N3O4. The highest BCUT2D eigenvalue weighted by atomic mass is 16.5. The molecule has 0 radical (unpaired) electrons. The van der Waals surface area contributed by atoms with Gasteiger partial charge in [0.2, 0.25) is 17.6 Å². The van der Waals surface area contributed by atoms with Crippen molar-refractivity contribution in [3.63, 3.8) is 0 Å². The van der Waals surface area contributed by atoms with E-state index < -0.39 is 17.8 Å². The minimum absolute atomic E-state index is 0.213. The Morgan fingerprint density at radius 3 is 2.59 bits per heavy atom. The fourth-order valence-electron chi connectivity index (χ4n) is 1.75. The van der Waals surface area contributed by atoms with Crippen LogP contribution < -0.4 is 5.32 Å². The summed E-state index contributed by atoms with van der Waals surface area (Å²) in [5.74, 6) is -2.13. The highest BCUT2D eigenvalue weighted by Gasteiger charge is 2.22. The van der Waals surface area contributed by atoms with Gasteiger partial charge in [-0.25, -0.2) is 0 Å². The number of aromatic nitrogens is 2.